The summed E-state index contributed by atoms with van der Waals surface area (Å²) in [6.45, 7) is 20.5. The van der Waals surface area contributed by atoms with Crippen molar-refractivity contribution >= 4 is 107 Å². The highest BCUT2D eigenvalue weighted by Crippen LogP contribution is 2.15. The zero-order chi connectivity index (χ0) is 72.5. The van der Waals surface area contributed by atoms with E-state index in [9.17, 15) is 86.3 Å². The minimum absolute atomic E-state index is 0.00982. The first-order valence-electron chi connectivity index (χ1n) is 29.3. The fraction of sp³-hybridized carbons (Fsp3) is 0.679. The monoisotopic (exact) mass is 1350 g/mol. The Kier molecular flexibility index (Phi) is 41.2. The molecule has 3 fully saturated rings. The van der Waals surface area contributed by atoms with Gasteiger partial charge in [-0.25, -0.2) is 24.0 Å². The molecule has 3 aliphatic rings. The largest absolute Gasteiger partial charge is 0.481 e. The molecule has 0 aliphatic carbocycles. The Morgan fingerprint density at radius 3 is 0.904 bits per heavy atom. The van der Waals surface area contributed by atoms with E-state index in [0.717, 1.165) is 4.90 Å². The molecule has 0 radical (unpaired) electrons. The number of hydrogen-bond acceptors (Lipinski definition) is 29. The molecular weight excluding hydrogens is 1260 g/mol. The average molecular weight is 1350 g/mol. The summed E-state index contributed by atoms with van der Waals surface area (Å²) in [5.74, 6) is -10.6. The number of esters is 4. The van der Waals surface area contributed by atoms with Crippen molar-refractivity contribution in [1.82, 2.24) is 46.3 Å². The third kappa shape index (κ3) is 43.2. The molecule has 0 saturated carbocycles. The average Bonchev–Trinajstić information content (AvgIpc) is 1.86. The first kappa shape index (κ1) is 86.4. The number of aliphatic carboxylic acids is 1. The highest BCUT2D eigenvalue weighted by atomic mass is 16.7. The van der Waals surface area contributed by atoms with Crippen LogP contribution in [-0.4, -0.2) is 245 Å². The lowest BCUT2D eigenvalue weighted by Gasteiger charge is -2.23. The van der Waals surface area contributed by atoms with Crippen LogP contribution in [0.5, 0.6) is 0 Å². The molecule has 0 atom stereocenters. The Bertz CT molecular complexity index is 2510. The molecule has 3 saturated heterocycles. The van der Waals surface area contributed by atoms with Gasteiger partial charge in [0.25, 0.3) is 35.4 Å². The lowest BCUT2D eigenvalue weighted by atomic mass is 10.2. The van der Waals surface area contributed by atoms with Gasteiger partial charge in [-0.2, -0.15) is 5.06 Å². The number of hydrogen-bond donors (Lipinski definition) is 6. The Hall–Kier alpha value is -9.62. The number of carbonyl (C=O) groups is 18. The van der Waals surface area contributed by atoms with Crippen molar-refractivity contribution < 1.29 is 139 Å². The maximum atomic E-state index is 12.6. The molecule has 0 bridgehead atoms. The van der Waals surface area contributed by atoms with E-state index in [0.29, 0.717) is 18.1 Å². The molecule has 38 heteroatoms. The van der Waals surface area contributed by atoms with Gasteiger partial charge in [0.2, 0.25) is 11.8 Å². The molecule has 6 N–H and O–H groups in total. The van der Waals surface area contributed by atoms with Crippen LogP contribution in [0.15, 0.2) is 0 Å². The van der Waals surface area contributed by atoms with Crippen LogP contribution in [0.1, 0.15) is 148 Å². The summed E-state index contributed by atoms with van der Waals surface area (Å²) in [6, 6.07) is 0. The van der Waals surface area contributed by atoms with E-state index < -0.39 is 125 Å². The Balaban J connectivity index is 0. The minimum Gasteiger partial charge on any atom is -0.481 e. The molecule has 38 nitrogen and oxygen atoms in total. The molecule has 0 spiro atoms. The first-order valence-corrected chi connectivity index (χ1v) is 29.3. The molecule has 0 aromatic carbocycles. The fourth-order valence-corrected chi connectivity index (χ4v) is 6.41. The minimum atomic E-state index is -1.21. The second kappa shape index (κ2) is 44.8. The summed E-state index contributed by atoms with van der Waals surface area (Å²) in [4.78, 5) is 216. The highest BCUT2D eigenvalue weighted by molar-refractivity contribution is 6.03. The lowest BCUT2D eigenvalue weighted by Crippen LogP contribution is -2.45. The summed E-state index contributed by atoms with van der Waals surface area (Å²) in [7, 11) is 0. The number of hydroxylamine groups is 6. The van der Waals surface area contributed by atoms with Crippen molar-refractivity contribution in [2.75, 3.05) is 85.3 Å². The van der Waals surface area contributed by atoms with Gasteiger partial charge in [-0.1, -0.05) is 0 Å². The molecule has 3 heterocycles. The van der Waals surface area contributed by atoms with Gasteiger partial charge < -0.3 is 73.7 Å². The number of carbonyl (C=O) groups excluding carboxylic acids is 17. The number of carboxylic acid groups (broad SMARTS) is 1. The highest BCUT2D eigenvalue weighted by Gasteiger charge is 2.36. The maximum Gasteiger partial charge on any atom is 0.407 e. The Morgan fingerprint density at radius 1 is 0.404 bits per heavy atom. The van der Waals surface area contributed by atoms with Crippen LogP contribution < -0.4 is 21.3 Å². The molecule has 0 aromatic rings. The predicted octanol–water partition coefficient (Wildman–Crippen LogP) is 0.0128. The molecule has 0 aromatic heterocycles. The number of ether oxygens (including phenoxy) is 7. The van der Waals surface area contributed by atoms with Gasteiger partial charge in [0, 0.05) is 71.0 Å². The maximum absolute atomic E-state index is 12.6. The van der Waals surface area contributed by atoms with Crippen molar-refractivity contribution in [3.63, 3.8) is 0 Å². The second-order valence-corrected chi connectivity index (χ2v) is 21.9. The van der Waals surface area contributed by atoms with E-state index in [2.05, 4.69) is 30.7 Å². The zero-order valence-electron chi connectivity index (χ0n) is 55.2. The van der Waals surface area contributed by atoms with E-state index in [-0.39, 0.29) is 144 Å². The second-order valence-electron chi connectivity index (χ2n) is 21.9. The van der Waals surface area contributed by atoms with Gasteiger partial charge in [0.05, 0.1) is 45.9 Å². The summed E-state index contributed by atoms with van der Waals surface area (Å²) in [5.41, 5.74) is -1.97. The molecule has 0 unspecified atom stereocenters. The van der Waals surface area contributed by atoms with Crippen LogP contribution in [0.4, 0.5) is 14.4 Å². The van der Waals surface area contributed by atoms with Gasteiger partial charge in [-0.15, -0.1) is 10.1 Å². The van der Waals surface area contributed by atoms with Crippen LogP contribution in [0.3, 0.4) is 0 Å². The number of amides is 11. The van der Waals surface area contributed by atoms with E-state index in [1.54, 1.807) is 90.0 Å². The van der Waals surface area contributed by atoms with Crippen LogP contribution in [-0.2, 0) is 115 Å². The smallest absolute Gasteiger partial charge is 0.407 e. The zero-order valence-corrected chi connectivity index (χ0v) is 55.2. The van der Waals surface area contributed by atoms with Crippen molar-refractivity contribution in [3.8, 4) is 0 Å². The van der Waals surface area contributed by atoms with Gasteiger partial charge in [0.1, 0.15) is 43.0 Å². The topological polar surface area (TPSA) is 495 Å². The van der Waals surface area contributed by atoms with Gasteiger partial charge in [0.15, 0.2) is 0 Å². The number of alkyl carbamates (subject to hydrolysis) is 3. The van der Waals surface area contributed by atoms with Crippen molar-refractivity contribution in [3.05, 3.63) is 0 Å². The summed E-state index contributed by atoms with van der Waals surface area (Å²) >= 11 is 0. The van der Waals surface area contributed by atoms with E-state index in [1.807, 2.05) is 0 Å². The van der Waals surface area contributed by atoms with Crippen LogP contribution in [0, 0.1) is 0 Å². The standard InChI is InChI=1S/C20H26N4O11.C16H28N2O7.2C8H15NO4.C4H5NO3/c1-20(2,3)33-19(32)21-9-8-12(25)22(10-17(30)34-23-13(26)4-5-14(23)27)11-18(31)35-24-15(28)6-7-16(24)29;1-6-23-13(20)10-18(11-14(21)24-7-2)12(19)8-9-17-15(22)25-16(3,4)5;1-8(2,3)13-7(12)9-5-4-6(10)11;1-3-12-7(10)5-9-6-8(11)13-4-2;6-3-1-2-4(7)5(3)8/h4-11H2,1-3H3,(H,21,32);6-11H2,1-5H3,(H,17,22);4-5H2,1-3H3,(H,9,12)(H,10,11);9H,3-6H2,1-2H3;8H,1-2H2. The third-order valence-electron chi connectivity index (χ3n) is 10.2. The van der Waals surface area contributed by atoms with Crippen molar-refractivity contribution in [1.29, 1.82) is 0 Å². The first-order chi connectivity index (χ1) is 43.6. The number of nitrogens with one attached hydrogen (secondary N) is 4. The lowest BCUT2D eigenvalue weighted by molar-refractivity contribution is -0.201. The molecule has 11 amide bonds. The Morgan fingerprint density at radius 2 is 0.660 bits per heavy atom. The predicted molar refractivity (Wildman–Crippen MR) is 314 cm³/mol. The third-order valence-corrected chi connectivity index (χ3v) is 10.2. The van der Waals surface area contributed by atoms with Crippen LogP contribution in [0.2, 0.25) is 0 Å². The number of rotatable bonds is 27. The van der Waals surface area contributed by atoms with Crippen molar-refractivity contribution in [2.24, 2.45) is 0 Å². The summed E-state index contributed by atoms with van der Waals surface area (Å²) in [6.07, 6.45) is -2.90. The van der Waals surface area contributed by atoms with E-state index >= 15 is 0 Å². The van der Waals surface area contributed by atoms with Gasteiger partial charge in [-0.05, 0) is 90.0 Å². The molecule has 3 aliphatic heterocycles. The van der Waals surface area contributed by atoms with Gasteiger partial charge >= 0.3 is 60.1 Å². The molecule has 94 heavy (non-hydrogen) atoms. The molecule has 532 valence electrons. The quantitative estimate of drug-likeness (QED) is 0.0273. The summed E-state index contributed by atoms with van der Waals surface area (Å²) in [5, 5.41) is 27.1. The fourth-order valence-electron chi connectivity index (χ4n) is 6.41. The Labute approximate surface area is 541 Å². The van der Waals surface area contributed by atoms with Crippen molar-refractivity contribution in [2.45, 2.75) is 165 Å². The normalized spacial score (nSPS) is 13.2. The van der Waals surface area contributed by atoms with E-state index in [4.69, 9.17) is 43.7 Å². The van der Waals surface area contributed by atoms with Crippen LogP contribution >= 0.6 is 0 Å². The molecular formula is C56H89N9O29. The number of nitrogens with zero attached hydrogens (tertiary/aromatic N) is 5. The molecule has 3 rings (SSSR count). The number of carboxylic acids is 1. The SMILES string of the molecule is CC(C)(C)OC(=O)NCCC(=O)N(CC(=O)ON1C(=O)CCC1=O)CC(=O)ON1C(=O)CCC1=O.CC(C)(C)OC(=O)NCCC(=O)O.CCOC(=O)CN(CC(=O)OCC)C(=O)CCNC(=O)OC(C)(C)C.CCOC(=O)CNCC(=O)OCC.O=C1CCC(=O)N1O. The van der Waals surface area contributed by atoms with Gasteiger partial charge in [-0.3, -0.25) is 72.9 Å². The van der Waals surface area contributed by atoms with Crippen LogP contribution in [0.25, 0.3) is 0 Å². The summed E-state index contributed by atoms with van der Waals surface area (Å²) < 4.78 is 33.8. The van der Waals surface area contributed by atoms with E-state index in [1.165, 1.54) is 0 Å². The number of imide groups is 3.